The van der Waals surface area contributed by atoms with Crippen LogP contribution in [-0.4, -0.2) is 50.5 Å². The largest absolute Gasteiger partial charge is 0.359 e. The summed E-state index contributed by atoms with van der Waals surface area (Å²) in [5, 5.41) is 7.28. The number of anilines is 1. The van der Waals surface area contributed by atoms with Crippen molar-refractivity contribution in [2.24, 2.45) is 5.92 Å². The van der Waals surface area contributed by atoms with Gasteiger partial charge >= 0.3 is 0 Å². The van der Waals surface area contributed by atoms with Gasteiger partial charge in [0.25, 0.3) is 0 Å². The quantitative estimate of drug-likeness (QED) is 0.798. The third-order valence-corrected chi connectivity index (χ3v) is 6.10. The number of hydrogen-bond acceptors (Lipinski definition) is 5. The van der Waals surface area contributed by atoms with Crippen LogP contribution in [0.3, 0.4) is 0 Å². The topological polar surface area (TPSA) is 75.4 Å². The second-order valence-electron chi connectivity index (χ2n) is 8.55. The van der Waals surface area contributed by atoms with Gasteiger partial charge < -0.3 is 10.2 Å². The number of fused-ring (bicyclic) bond motifs is 3. The summed E-state index contributed by atoms with van der Waals surface area (Å²) in [6.07, 6.45) is 4.55. The monoisotopic (exact) mass is 406 g/mol. The van der Waals surface area contributed by atoms with Gasteiger partial charge in [0.1, 0.15) is 5.82 Å². The van der Waals surface area contributed by atoms with Crippen LogP contribution < -0.4 is 10.2 Å². The fraction of sp³-hybridized carbons (Fsp3) is 0.700. The molecule has 2 aliphatic heterocycles. The molecule has 1 N–H and O–H groups in total. The molecule has 158 valence electrons. The zero-order valence-corrected chi connectivity index (χ0v) is 17.2. The Morgan fingerprint density at radius 2 is 1.97 bits per heavy atom. The van der Waals surface area contributed by atoms with E-state index in [1.807, 2.05) is 6.92 Å². The third kappa shape index (κ3) is 4.18. The number of piperidine rings is 1. The first-order valence-electron chi connectivity index (χ1n) is 10.3. The van der Waals surface area contributed by atoms with E-state index in [-0.39, 0.29) is 18.7 Å². The van der Waals surface area contributed by atoms with Crippen molar-refractivity contribution in [1.29, 1.82) is 0 Å². The van der Waals surface area contributed by atoms with Crippen molar-refractivity contribution in [3.63, 3.8) is 0 Å². The minimum absolute atomic E-state index is 0.0903. The highest BCUT2D eigenvalue weighted by Gasteiger charge is 2.43. The summed E-state index contributed by atoms with van der Waals surface area (Å²) in [6, 6.07) is 2.41. The maximum Gasteiger partial charge on any atom is 0.245 e. The summed E-state index contributed by atoms with van der Waals surface area (Å²) in [5.74, 6) is -0.861. The molecule has 2 bridgehead atoms. The number of nitrogens with one attached hydrogen (secondary N) is 1. The molecule has 0 aliphatic carbocycles. The van der Waals surface area contributed by atoms with E-state index >= 15 is 0 Å². The molecule has 0 radical (unpaired) electrons. The van der Waals surface area contributed by atoms with Crippen LogP contribution in [0.2, 0.25) is 0 Å². The van der Waals surface area contributed by atoms with Gasteiger partial charge in [-0.25, -0.2) is 13.8 Å². The molecule has 1 amide bonds. The Bertz CT molecular complexity index is 894. The number of alkyl halides is 2. The van der Waals surface area contributed by atoms with Crippen molar-refractivity contribution in [3.8, 4) is 0 Å². The van der Waals surface area contributed by atoms with Crippen molar-refractivity contribution < 1.29 is 13.6 Å². The van der Waals surface area contributed by atoms with Gasteiger partial charge in [-0.2, -0.15) is 14.6 Å². The van der Waals surface area contributed by atoms with Gasteiger partial charge in [-0.3, -0.25) is 4.79 Å². The molecule has 2 fully saturated rings. The van der Waals surface area contributed by atoms with Gasteiger partial charge in [0.05, 0.1) is 5.69 Å². The molecular weight excluding hydrogens is 378 g/mol. The lowest BCUT2D eigenvalue weighted by molar-refractivity contribution is -0.121. The summed E-state index contributed by atoms with van der Waals surface area (Å²) in [5.41, 5.74) is 1.25. The molecule has 7 nitrogen and oxygen atoms in total. The molecule has 4 heterocycles. The Balaban J connectivity index is 1.61. The first-order chi connectivity index (χ1) is 13.7. The molecule has 2 aromatic heterocycles. The van der Waals surface area contributed by atoms with Crippen LogP contribution in [0.1, 0.15) is 57.0 Å². The Morgan fingerprint density at radius 1 is 1.28 bits per heavy atom. The maximum absolute atomic E-state index is 13.3. The Morgan fingerprint density at radius 3 is 2.59 bits per heavy atom. The van der Waals surface area contributed by atoms with Crippen LogP contribution in [0.4, 0.5) is 14.7 Å². The van der Waals surface area contributed by atoms with Crippen LogP contribution in [0.15, 0.2) is 6.07 Å². The average molecular weight is 406 g/mol. The summed E-state index contributed by atoms with van der Waals surface area (Å²) >= 11 is 0. The molecule has 0 aromatic carbocycles. The highest BCUT2D eigenvalue weighted by atomic mass is 19.3. The SMILES string of the molecule is CNC(=O)CC1CC2CCC(C1)N2c1nc(C)nc2cc(CCC(C)(F)F)nn12. The molecule has 9 heteroatoms. The molecular formula is C20H28F2N6O. The van der Waals surface area contributed by atoms with E-state index in [4.69, 9.17) is 0 Å². The standard InChI is InChI=1S/C20H28F2N6O/c1-12-24-17-11-14(6-7-20(2,21)22)26-28(17)19(25-12)27-15-4-5-16(27)9-13(8-15)10-18(29)23-3/h11,13,15-16H,4-10H2,1-3H3,(H,23,29). The zero-order valence-electron chi connectivity index (χ0n) is 17.2. The fourth-order valence-electron chi connectivity index (χ4n) is 4.81. The van der Waals surface area contributed by atoms with Crippen molar-refractivity contribution in [3.05, 3.63) is 17.6 Å². The second kappa shape index (κ2) is 7.50. The van der Waals surface area contributed by atoms with E-state index < -0.39 is 5.92 Å². The van der Waals surface area contributed by atoms with Crippen LogP contribution in [0.5, 0.6) is 0 Å². The summed E-state index contributed by atoms with van der Waals surface area (Å²) < 4.78 is 28.2. The number of aromatic nitrogens is 4. The lowest BCUT2D eigenvalue weighted by Gasteiger charge is -2.39. The third-order valence-electron chi connectivity index (χ3n) is 6.10. The van der Waals surface area contributed by atoms with Crippen LogP contribution in [0, 0.1) is 12.8 Å². The predicted octanol–water partition coefficient (Wildman–Crippen LogP) is 2.90. The van der Waals surface area contributed by atoms with Crippen molar-refractivity contribution >= 4 is 17.5 Å². The normalized spacial score (nSPS) is 24.3. The molecule has 0 spiro atoms. The van der Waals surface area contributed by atoms with E-state index in [2.05, 4.69) is 25.3 Å². The van der Waals surface area contributed by atoms with Crippen molar-refractivity contribution in [2.75, 3.05) is 11.9 Å². The van der Waals surface area contributed by atoms with Crippen LogP contribution in [-0.2, 0) is 11.2 Å². The van der Waals surface area contributed by atoms with Gasteiger partial charge in [-0.1, -0.05) is 0 Å². The first kappa shape index (κ1) is 20.0. The summed E-state index contributed by atoms with van der Waals surface area (Å²) in [7, 11) is 1.68. The van der Waals surface area contributed by atoms with E-state index in [0.29, 0.717) is 41.6 Å². The average Bonchev–Trinajstić information content (AvgIpc) is 3.17. The number of rotatable bonds is 6. The molecule has 4 rings (SSSR count). The lowest BCUT2D eigenvalue weighted by Crippen LogP contribution is -2.45. The summed E-state index contributed by atoms with van der Waals surface area (Å²) in [4.78, 5) is 23.3. The number of halogens is 2. The number of carbonyl (C=O) groups is 1. The van der Waals surface area contributed by atoms with E-state index in [0.717, 1.165) is 38.6 Å². The minimum Gasteiger partial charge on any atom is -0.359 e. The molecule has 2 unspecified atom stereocenters. The molecule has 2 atom stereocenters. The van der Waals surface area contributed by atoms with Crippen molar-refractivity contribution in [2.45, 2.75) is 76.8 Å². The van der Waals surface area contributed by atoms with E-state index in [9.17, 15) is 13.6 Å². The van der Waals surface area contributed by atoms with Crippen LogP contribution >= 0.6 is 0 Å². The van der Waals surface area contributed by atoms with Gasteiger partial charge in [0, 0.05) is 38.0 Å². The number of nitrogens with zero attached hydrogens (tertiary/aromatic N) is 5. The van der Waals surface area contributed by atoms with Gasteiger partial charge in [0.2, 0.25) is 17.8 Å². The Kier molecular flexibility index (Phi) is 5.16. The van der Waals surface area contributed by atoms with Gasteiger partial charge in [-0.05, 0) is 51.9 Å². The maximum atomic E-state index is 13.3. The van der Waals surface area contributed by atoms with E-state index in [1.54, 1.807) is 17.6 Å². The summed E-state index contributed by atoms with van der Waals surface area (Å²) in [6.45, 7) is 2.77. The van der Waals surface area contributed by atoms with E-state index in [1.165, 1.54) is 0 Å². The van der Waals surface area contributed by atoms with Crippen molar-refractivity contribution in [1.82, 2.24) is 24.9 Å². The highest BCUT2D eigenvalue weighted by Crippen LogP contribution is 2.42. The number of hydrogen-bond donors (Lipinski definition) is 1. The first-order valence-corrected chi connectivity index (χ1v) is 10.3. The molecule has 2 saturated heterocycles. The highest BCUT2D eigenvalue weighted by molar-refractivity contribution is 5.75. The van der Waals surface area contributed by atoms with Gasteiger partial charge in [0.15, 0.2) is 5.65 Å². The smallest absolute Gasteiger partial charge is 0.245 e. The fourth-order valence-corrected chi connectivity index (χ4v) is 4.81. The molecule has 2 aliphatic rings. The number of amides is 1. The Hall–Kier alpha value is -2.32. The predicted molar refractivity (Wildman–Crippen MR) is 105 cm³/mol. The molecule has 0 saturated carbocycles. The van der Waals surface area contributed by atoms with Crippen LogP contribution in [0.25, 0.3) is 5.65 Å². The second-order valence-corrected chi connectivity index (χ2v) is 8.55. The number of aryl methyl sites for hydroxylation is 2. The number of carbonyl (C=O) groups excluding carboxylic acids is 1. The van der Waals surface area contributed by atoms with Gasteiger partial charge in [-0.15, -0.1) is 0 Å². The lowest BCUT2D eigenvalue weighted by atomic mass is 9.88. The molecule has 29 heavy (non-hydrogen) atoms. The molecule has 2 aromatic rings. The minimum atomic E-state index is -2.72. The Labute approximate surface area is 168 Å². The zero-order chi connectivity index (χ0) is 20.8.